The molecule has 0 saturated carbocycles. The zero-order valence-corrected chi connectivity index (χ0v) is 12.1. The van der Waals surface area contributed by atoms with Crippen molar-refractivity contribution in [1.82, 2.24) is 10.2 Å². The summed E-state index contributed by atoms with van der Waals surface area (Å²) >= 11 is 2.08. The Kier molecular flexibility index (Phi) is 6.11. The molecule has 0 radical (unpaired) electrons. The highest BCUT2D eigenvalue weighted by Crippen LogP contribution is 2.16. The molecule has 0 atom stereocenters. The Bertz CT molecular complexity index is 332. The molecule has 18 heavy (non-hydrogen) atoms. The third kappa shape index (κ3) is 4.34. The van der Waals surface area contributed by atoms with E-state index in [1.165, 1.54) is 43.0 Å². The van der Waals surface area contributed by atoms with Crippen LogP contribution in [-0.2, 0) is 13.1 Å². The molecule has 0 amide bonds. The van der Waals surface area contributed by atoms with E-state index in [9.17, 15) is 0 Å². The molecule has 2 rings (SSSR count). The summed E-state index contributed by atoms with van der Waals surface area (Å²) in [4.78, 5) is 2.55. The third-order valence-corrected chi connectivity index (χ3v) is 4.31. The molecule has 1 fully saturated rings. The first kappa shape index (κ1) is 14.0. The first-order valence-corrected chi connectivity index (χ1v) is 8.11. The SMILES string of the molecule is CCCNCc1occc1CN1CCCSCC1. The summed E-state index contributed by atoms with van der Waals surface area (Å²) in [6, 6.07) is 2.13. The number of furan rings is 1. The standard InChI is InChI=1S/C14H24N2OS/c1-2-5-15-11-14-13(4-8-17-14)12-16-6-3-9-18-10-7-16/h4,8,15H,2-3,5-7,9-12H2,1H3. The number of thioether (sulfide) groups is 1. The molecule has 0 bridgehead atoms. The van der Waals surface area contributed by atoms with Crippen molar-refractivity contribution in [2.75, 3.05) is 31.1 Å². The molecule has 1 saturated heterocycles. The summed E-state index contributed by atoms with van der Waals surface area (Å²) in [6.45, 7) is 7.57. The van der Waals surface area contributed by atoms with Crippen LogP contribution < -0.4 is 5.32 Å². The van der Waals surface area contributed by atoms with E-state index in [-0.39, 0.29) is 0 Å². The van der Waals surface area contributed by atoms with Gasteiger partial charge in [-0.15, -0.1) is 0 Å². The minimum atomic E-state index is 0.860. The summed E-state index contributed by atoms with van der Waals surface area (Å²) in [6.07, 6.45) is 4.30. The van der Waals surface area contributed by atoms with Crippen LogP contribution in [0.15, 0.2) is 16.7 Å². The highest BCUT2D eigenvalue weighted by Gasteiger charge is 2.13. The van der Waals surface area contributed by atoms with E-state index in [1.54, 1.807) is 0 Å². The Morgan fingerprint density at radius 2 is 2.33 bits per heavy atom. The maximum atomic E-state index is 5.59. The molecule has 1 aromatic heterocycles. The van der Waals surface area contributed by atoms with Crippen molar-refractivity contribution in [2.45, 2.75) is 32.9 Å². The smallest absolute Gasteiger partial charge is 0.122 e. The summed E-state index contributed by atoms with van der Waals surface area (Å²) in [5.74, 6) is 3.69. The lowest BCUT2D eigenvalue weighted by Gasteiger charge is -2.19. The van der Waals surface area contributed by atoms with Gasteiger partial charge in [0.15, 0.2) is 0 Å². The molecule has 0 spiro atoms. The molecular weight excluding hydrogens is 244 g/mol. The Morgan fingerprint density at radius 1 is 1.39 bits per heavy atom. The van der Waals surface area contributed by atoms with Crippen LogP contribution in [0.2, 0.25) is 0 Å². The molecule has 1 aromatic rings. The van der Waals surface area contributed by atoms with Gasteiger partial charge < -0.3 is 9.73 Å². The lowest BCUT2D eigenvalue weighted by molar-refractivity contribution is 0.284. The van der Waals surface area contributed by atoms with Crippen LogP contribution in [0.5, 0.6) is 0 Å². The van der Waals surface area contributed by atoms with Gasteiger partial charge in [-0.1, -0.05) is 6.92 Å². The van der Waals surface area contributed by atoms with Gasteiger partial charge in [-0.3, -0.25) is 4.90 Å². The molecule has 2 heterocycles. The van der Waals surface area contributed by atoms with Gasteiger partial charge in [0.05, 0.1) is 12.8 Å². The molecule has 1 aliphatic rings. The van der Waals surface area contributed by atoms with Crippen LogP contribution in [0.1, 0.15) is 31.1 Å². The second-order valence-electron chi connectivity index (χ2n) is 4.79. The van der Waals surface area contributed by atoms with Crippen molar-refractivity contribution in [3.63, 3.8) is 0 Å². The van der Waals surface area contributed by atoms with Gasteiger partial charge in [0.25, 0.3) is 0 Å². The third-order valence-electron chi connectivity index (χ3n) is 3.26. The monoisotopic (exact) mass is 268 g/mol. The molecule has 1 aliphatic heterocycles. The van der Waals surface area contributed by atoms with Crippen LogP contribution in [0, 0.1) is 0 Å². The van der Waals surface area contributed by atoms with E-state index in [1.807, 2.05) is 6.26 Å². The maximum Gasteiger partial charge on any atom is 0.122 e. The number of nitrogens with zero attached hydrogens (tertiary/aromatic N) is 1. The van der Waals surface area contributed by atoms with Gasteiger partial charge in [-0.05, 0) is 37.8 Å². The molecule has 0 aromatic carbocycles. The number of rotatable bonds is 6. The van der Waals surface area contributed by atoms with Crippen molar-refractivity contribution in [3.05, 3.63) is 23.7 Å². The van der Waals surface area contributed by atoms with E-state index < -0.39 is 0 Å². The zero-order chi connectivity index (χ0) is 12.6. The van der Waals surface area contributed by atoms with Crippen LogP contribution in [-0.4, -0.2) is 36.0 Å². The summed E-state index contributed by atoms with van der Waals surface area (Å²) in [5.41, 5.74) is 1.35. The minimum absolute atomic E-state index is 0.860. The predicted molar refractivity (Wildman–Crippen MR) is 77.9 cm³/mol. The highest BCUT2D eigenvalue weighted by atomic mass is 32.2. The Hall–Kier alpha value is -0.450. The minimum Gasteiger partial charge on any atom is -0.468 e. The van der Waals surface area contributed by atoms with Crippen LogP contribution in [0.3, 0.4) is 0 Å². The molecular formula is C14H24N2OS. The van der Waals surface area contributed by atoms with Gasteiger partial charge >= 0.3 is 0 Å². The molecule has 4 heteroatoms. The molecule has 0 unspecified atom stereocenters. The van der Waals surface area contributed by atoms with Crippen LogP contribution >= 0.6 is 11.8 Å². The van der Waals surface area contributed by atoms with Crippen molar-refractivity contribution >= 4 is 11.8 Å². The predicted octanol–water partition coefficient (Wildman–Crippen LogP) is 2.72. The fourth-order valence-corrected chi connectivity index (χ4v) is 3.16. The normalized spacial score (nSPS) is 17.8. The van der Waals surface area contributed by atoms with Crippen LogP contribution in [0.25, 0.3) is 0 Å². The van der Waals surface area contributed by atoms with E-state index >= 15 is 0 Å². The lowest BCUT2D eigenvalue weighted by Crippen LogP contribution is -2.26. The second-order valence-corrected chi connectivity index (χ2v) is 6.01. The van der Waals surface area contributed by atoms with Crippen molar-refractivity contribution in [2.24, 2.45) is 0 Å². The summed E-state index contributed by atoms with van der Waals surface area (Å²) < 4.78 is 5.59. The fraction of sp³-hybridized carbons (Fsp3) is 0.714. The maximum absolute atomic E-state index is 5.59. The Morgan fingerprint density at radius 3 is 3.22 bits per heavy atom. The molecule has 1 N–H and O–H groups in total. The average molecular weight is 268 g/mol. The van der Waals surface area contributed by atoms with E-state index in [4.69, 9.17) is 4.42 Å². The molecule has 0 aliphatic carbocycles. The summed E-state index contributed by atoms with van der Waals surface area (Å²) in [5, 5.41) is 3.41. The fourth-order valence-electron chi connectivity index (χ4n) is 2.24. The van der Waals surface area contributed by atoms with Gasteiger partial charge in [0, 0.05) is 24.4 Å². The second kappa shape index (κ2) is 7.87. The summed E-state index contributed by atoms with van der Waals surface area (Å²) in [7, 11) is 0. The molecule has 3 nitrogen and oxygen atoms in total. The van der Waals surface area contributed by atoms with E-state index in [2.05, 4.69) is 35.0 Å². The zero-order valence-electron chi connectivity index (χ0n) is 11.3. The topological polar surface area (TPSA) is 28.4 Å². The van der Waals surface area contributed by atoms with Gasteiger partial charge in [-0.25, -0.2) is 0 Å². The van der Waals surface area contributed by atoms with Gasteiger partial charge in [0.1, 0.15) is 5.76 Å². The first-order chi connectivity index (χ1) is 8.90. The van der Waals surface area contributed by atoms with Crippen molar-refractivity contribution < 1.29 is 4.42 Å². The molecule has 102 valence electrons. The van der Waals surface area contributed by atoms with Crippen molar-refractivity contribution in [3.8, 4) is 0 Å². The number of hydrogen-bond donors (Lipinski definition) is 1. The number of nitrogens with one attached hydrogen (secondary N) is 1. The number of hydrogen-bond acceptors (Lipinski definition) is 4. The van der Waals surface area contributed by atoms with E-state index in [0.717, 1.165) is 25.4 Å². The largest absolute Gasteiger partial charge is 0.468 e. The quantitative estimate of drug-likeness (QED) is 0.803. The van der Waals surface area contributed by atoms with E-state index in [0.29, 0.717) is 0 Å². The Labute approximate surface area is 114 Å². The highest BCUT2D eigenvalue weighted by molar-refractivity contribution is 7.99. The average Bonchev–Trinajstić information content (AvgIpc) is 2.65. The van der Waals surface area contributed by atoms with Gasteiger partial charge in [0.2, 0.25) is 0 Å². The van der Waals surface area contributed by atoms with Crippen LogP contribution in [0.4, 0.5) is 0 Å². The lowest BCUT2D eigenvalue weighted by atomic mass is 10.2. The first-order valence-electron chi connectivity index (χ1n) is 6.96. The Balaban J connectivity index is 1.85. The van der Waals surface area contributed by atoms with Gasteiger partial charge in [-0.2, -0.15) is 11.8 Å². The van der Waals surface area contributed by atoms with Crippen molar-refractivity contribution in [1.29, 1.82) is 0 Å².